The van der Waals surface area contributed by atoms with E-state index in [1.165, 1.54) is 12.8 Å². The summed E-state index contributed by atoms with van der Waals surface area (Å²) in [7, 11) is 0. The van der Waals surface area contributed by atoms with Crippen molar-refractivity contribution in [2.45, 2.75) is 18.9 Å². The van der Waals surface area contributed by atoms with E-state index in [0.717, 1.165) is 14.7 Å². The summed E-state index contributed by atoms with van der Waals surface area (Å²) in [5, 5.41) is 33.4. The molecule has 22 heavy (non-hydrogen) atoms. The van der Waals surface area contributed by atoms with Gasteiger partial charge in [-0.05, 0) is 35.4 Å². The number of fused-ring (bicyclic) bond motifs is 1. The van der Waals surface area contributed by atoms with Gasteiger partial charge >= 0.3 is 12.3 Å². The standard InChI is InChI=1S/C8H7IN4.2CH2O3.H3N/c9-7-6-3-10-4-11-8(6)13(12-7)5-1-2-5;2*2-1(3)4;/h3-5H,1-2H2;2*(H2,2,3,4);1H3. The van der Waals surface area contributed by atoms with Crippen LogP contribution in [-0.4, -0.2) is 52.5 Å². The van der Waals surface area contributed by atoms with E-state index in [1.807, 2.05) is 10.9 Å². The van der Waals surface area contributed by atoms with Crippen LogP contribution in [0.4, 0.5) is 9.59 Å². The molecule has 0 bridgehead atoms. The van der Waals surface area contributed by atoms with Crippen LogP contribution in [-0.2, 0) is 0 Å². The fourth-order valence-corrected chi connectivity index (χ4v) is 2.03. The van der Waals surface area contributed by atoms with E-state index >= 15 is 0 Å². The zero-order chi connectivity index (χ0) is 16.0. The van der Waals surface area contributed by atoms with Crippen LogP contribution in [0.3, 0.4) is 0 Å². The molecule has 0 aliphatic heterocycles. The van der Waals surface area contributed by atoms with Crippen molar-refractivity contribution in [3.05, 3.63) is 16.2 Å². The first-order valence-electron chi connectivity index (χ1n) is 5.50. The first kappa shape index (κ1) is 19.8. The third-order valence-corrected chi connectivity index (χ3v) is 3.02. The van der Waals surface area contributed by atoms with Gasteiger partial charge in [-0.2, -0.15) is 5.10 Å². The molecule has 2 heterocycles. The molecule has 122 valence electrons. The molecule has 3 rings (SSSR count). The van der Waals surface area contributed by atoms with Gasteiger partial charge in [0.25, 0.3) is 0 Å². The summed E-state index contributed by atoms with van der Waals surface area (Å²) in [6, 6.07) is 0.584. The Kier molecular flexibility index (Phi) is 8.03. The average molecular weight is 427 g/mol. The van der Waals surface area contributed by atoms with Crippen molar-refractivity contribution in [3.63, 3.8) is 0 Å². The molecule has 2 aromatic rings. The molecular weight excluding hydrogens is 413 g/mol. The maximum atomic E-state index is 8.56. The van der Waals surface area contributed by atoms with Crippen LogP contribution in [0, 0.1) is 3.70 Å². The van der Waals surface area contributed by atoms with Gasteiger partial charge in [0.1, 0.15) is 10.0 Å². The van der Waals surface area contributed by atoms with Crippen LogP contribution in [0.25, 0.3) is 11.0 Å². The van der Waals surface area contributed by atoms with Gasteiger partial charge in [0.15, 0.2) is 5.65 Å². The molecule has 0 atom stereocenters. The van der Waals surface area contributed by atoms with E-state index in [4.69, 9.17) is 30.0 Å². The third-order valence-electron chi connectivity index (χ3n) is 2.22. The molecule has 1 aliphatic rings. The maximum Gasteiger partial charge on any atom is 0.503 e. The lowest BCUT2D eigenvalue weighted by molar-refractivity contribution is 0.135. The Hall–Kier alpha value is -2.22. The van der Waals surface area contributed by atoms with Gasteiger partial charge in [0, 0.05) is 6.20 Å². The highest BCUT2D eigenvalue weighted by molar-refractivity contribution is 14.1. The minimum Gasteiger partial charge on any atom is -0.450 e. The van der Waals surface area contributed by atoms with Gasteiger partial charge < -0.3 is 26.6 Å². The van der Waals surface area contributed by atoms with Crippen molar-refractivity contribution >= 4 is 45.9 Å². The predicted octanol–water partition coefficient (Wildman–Crippen LogP) is 2.37. The molecule has 0 unspecified atom stereocenters. The minimum absolute atomic E-state index is 0. The Morgan fingerprint density at radius 3 is 2.14 bits per heavy atom. The molecule has 1 aliphatic carbocycles. The second kappa shape index (κ2) is 8.93. The number of hydrogen-bond donors (Lipinski definition) is 5. The van der Waals surface area contributed by atoms with E-state index in [1.54, 1.807) is 6.33 Å². The second-order valence-corrected chi connectivity index (χ2v) is 4.81. The predicted molar refractivity (Wildman–Crippen MR) is 82.6 cm³/mol. The molecule has 7 N–H and O–H groups in total. The van der Waals surface area contributed by atoms with Crippen molar-refractivity contribution in [2.24, 2.45) is 0 Å². The van der Waals surface area contributed by atoms with E-state index in [2.05, 4.69) is 37.7 Å². The summed E-state index contributed by atoms with van der Waals surface area (Å²) in [6.45, 7) is 0. The summed E-state index contributed by atoms with van der Waals surface area (Å²) in [5.41, 5.74) is 0.974. The van der Waals surface area contributed by atoms with Crippen LogP contribution in [0.1, 0.15) is 18.9 Å². The van der Waals surface area contributed by atoms with Crippen molar-refractivity contribution < 1.29 is 30.0 Å². The van der Waals surface area contributed by atoms with E-state index in [0.29, 0.717) is 6.04 Å². The van der Waals surface area contributed by atoms with Gasteiger partial charge in [-0.25, -0.2) is 24.2 Å². The molecule has 0 amide bonds. The monoisotopic (exact) mass is 427 g/mol. The summed E-state index contributed by atoms with van der Waals surface area (Å²) < 4.78 is 3.03. The smallest absolute Gasteiger partial charge is 0.450 e. The van der Waals surface area contributed by atoms with Crippen molar-refractivity contribution in [3.8, 4) is 0 Å². The molecular formula is C10H14IN5O6. The van der Waals surface area contributed by atoms with Crippen LogP contribution in [0.2, 0.25) is 0 Å². The van der Waals surface area contributed by atoms with Gasteiger partial charge in [0.05, 0.1) is 11.4 Å². The van der Waals surface area contributed by atoms with Crippen molar-refractivity contribution in [1.29, 1.82) is 0 Å². The SMILES string of the molecule is Ic1nn(C2CC2)c2ncncc12.N.O=C(O)O.O=C(O)O. The average Bonchev–Trinajstić information content (AvgIpc) is 3.14. The first-order valence-corrected chi connectivity index (χ1v) is 6.58. The summed E-state index contributed by atoms with van der Waals surface area (Å²) in [4.78, 5) is 25.4. The molecule has 12 heteroatoms. The number of halogens is 1. The molecule has 0 saturated heterocycles. The Bertz CT molecular complexity index is 624. The van der Waals surface area contributed by atoms with Crippen LogP contribution in [0.5, 0.6) is 0 Å². The molecule has 11 nitrogen and oxygen atoms in total. The Morgan fingerprint density at radius 2 is 1.68 bits per heavy atom. The molecule has 0 radical (unpaired) electrons. The second-order valence-electron chi connectivity index (χ2n) is 3.79. The topological polar surface area (TPSA) is 194 Å². The molecule has 0 spiro atoms. The van der Waals surface area contributed by atoms with Crippen molar-refractivity contribution in [2.75, 3.05) is 0 Å². The Morgan fingerprint density at radius 1 is 1.18 bits per heavy atom. The van der Waals surface area contributed by atoms with Gasteiger partial charge in [-0.15, -0.1) is 0 Å². The summed E-state index contributed by atoms with van der Waals surface area (Å²) in [5.74, 6) is 0. The van der Waals surface area contributed by atoms with Crippen LogP contribution < -0.4 is 6.15 Å². The quantitative estimate of drug-likeness (QED) is 0.422. The van der Waals surface area contributed by atoms with E-state index < -0.39 is 12.3 Å². The number of carbonyl (C=O) groups is 2. The fraction of sp³-hybridized carbons (Fsp3) is 0.300. The van der Waals surface area contributed by atoms with Gasteiger partial charge in [-0.3, -0.25) is 0 Å². The van der Waals surface area contributed by atoms with E-state index in [9.17, 15) is 0 Å². The number of hydrogen-bond acceptors (Lipinski definition) is 6. The highest BCUT2D eigenvalue weighted by Crippen LogP contribution is 2.36. The minimum atomic E-state index is -1.83. The van der Waals surface area contributed by atoms with Gasteiger partial charge in [-0.1, -0.05) is 0 Å². The van der Waals surface area contributed by atoms with Gasteiger partial charge in [0.2, 0.25) is 0 Å². The largest absolute Gasteiger partial charge is 0.503 e. The molecule has 1 saturated carbocycles. The third kappa shape index (κ3) is 6.49. The number of carboxylic acid groups (broad SMARTS) is 4. The summed E-state index contributed by atoms with van der Waals surface area (Å²) in [6.07, 6.45) is 2.21. The summed E-state index contributed by atoms with van der Waals surface area (Å²) >= 11 is 2.23. The molecule has 1 fully saturated rings. The molecule has 2 aromatic heterocycles. The fourth-order valence-electron chi connectivity index (χ4n) is 1.42. The number of rotatable bonds is 1. The first-order chi connectivity index (χ1) is 9.82. The highest BCUT2D eigenvalue weighted by Gasteiger charge is 2.27. The maximum absolute atomic E-state index is 8.56. The van der Waals surface area contributed by atoms with E-state index in [-0.39, 0.29) is 6.15 Å². The lowest BCUT2D eigenvalue weighted by Gasteiger charge is -1.96. The van der Waals surface area contributed by atoms with Crippen molar-refractivity contribution in [1.82, 2.24) is 25.9 Å². The number of nitrogens with zero attached hydrogens (tertiary/aromatic N) is 4. The normalized spacial score (nSPS) is 12.0. The zero-order valence-corrected chi connectivity index (χ0v) is 13.3. The number of aromatic nitrogens is 4. The lowest BCUT2D eigenvalue weighted by atomic mass is 10.4. The molecule has 0 aromatic carbocycles. The Balaban J connectivity index is 0.000000420. The lowest BCUT2D eigenvalue weighted by Crippen LogP contribution is -1.97. The zero-order valence-electron chi connectivity index (χ0n) is 11.1. The highest BCUT2D eigenvalue weighted by atomic mass is 127. The van der Waals surface area contributed by atoms with Crippen LogP contribution >= 0.6 is 22.6 Å². The van der Waals surface area contributed by atoms with Crippen LogP contribution in [0.15, 0.2) is 12.5 Å². The Labute approximate surface area is 137 Å².